The minimum absolute atomic E-state index is 0.0943. The molecule has 2 saturated heterocycles. The number of piperidine rings is 2. The fraction of sp³-hybridized carbons (Fsp3) is 0.667. The third kappa shape index (κ3) is 5.78. The molecule has 2 aliphatic heterocycles. The molecule has 0 radical (unpaired) electrons. The maximum atomic E-state index is 12.8. The number of rotatable bonds is 7. The summed E-state index contributed by atoms with van der Waals surface area (Å²) in [6, 6.07) is 7.00. The van der Waals surface area contributed by atoms with Crippen LogP contribution in [0.1, 0.15) is 44.1 Å². The number of carbonyl (C=O) groups is 1. The van der Waals surface area contributed by atoms with Gasteiger partial charge in [0.15, 0.2) is 0 Å². The van der Waals surface area contributed by atoms with Crippen molar-refractivity contribution in [3.8, 4) is 0 Å². The number of hydrogen-bond donors (Lipinski definition) is 1. The predicted molar refractivity (Wildman–Crippen MR) is 111 cm³/mol. The first-order chi connectivity index (χ1) is 13.4. The zero-order valence-electron chi connectivity index (χ0n) is 16.9. The molecule has 1 aromatic carbocycles. The second kappa shape index (κ2) is 9.85. The Hall–Kier alpha value is -1.44. The lowest BCUT2D eigenvalue weighted by Crippen LogP contribution is -2.40. The molecule has 1 N–H and O–H groups in total. The summed E-state index contributed by atoms with van der Waals surface area (Å²) in [6.45, 7) is 6.84. The maximum Gasteiger partial charge on any atom is 0.243 e. The molecule has 0 aromatic heterocycles. The van der Waals surface area contributed by atoms with E-state index in [-0.39, 0.29) is 11.8 Å². The Balaban J connectivity index is 1.39. The van der Waals surface area contributed by atoms with E-state index in [2.05, 4.69) is 10.2 Å². The molecule has 2 heterocycles. The molecule has 0 saturated carbocycles. The lowest BCUT2D eigenvalue weighted by Gasteiger charge is -2.31. The van der Waals surface area contributed by atoms with Crippen LogP contribution in [-0.2, 0) is 14.8 Å². The molecule has 0 bridgehead atoms. The van der Waals surface area contributed by atoms with Gasteiger partial charge in [0, 0.05) is 32.6 Å². The maximum absolute atomic E-state index is 12.8. The average Bonchev–Trinajstić information content (AvgIpc) is 2.69. The molecule has 3 rings (SSSR count). The summed E-state index contributed by atoms with van der Waals surface area (Å²) in [6.07, 6.45) is 5.82. The Bertz CT molecular complexity index is 735. The lowest BCUT2D eigenvalue weighted by atomic mass is 9.94. The Labute approximate surface area is 169 Å². The van der Waals surface area contributed by atoms with Crippen molar-refractivity contribution in [1.29, 1.82) is 0 Å². The SMILES string of the molecule is Cc1ccc(S(=O)(=O)N2CCC(CC(=O)NCCN3CCCCC3)CC2)cc1. The number of likely N-dealkylation sites (tertiary alicyclic amines) is 1. The van der Waals surface area contributed by atoms with E-state index in [0.29, 0.717) is 31.0 Å². The van der Waals surface area contributed by atoms with Crippen LogP contribution >= 0.6 is 0 Å². The first kappa shape index (κ1) is 21.3. The van der Waals surface area contributed by atoms with Crippen molar-refractivity contribution >= 4 is 15.9 Å². The van der Waals surface area contributed by atoms with Crippen LogP contribution in [0.5, 0.6) is 0 Å². The molecule has 0 spiro atoms. The quantitative estimate of drug-likeness (QED) is 0.753. The molecule has 1 aromatic rings. The smallest absolute Gasteiger partial charge is 0.243 e. The summed E-state index contributed by atoms with van der Waals surface area (Å²) in [5, 5.41) is 3.04. The molecule has 2 aliphatic rings. The summed E-state index contributed by atoms with van der Waals surface area (Å²) in [5.74, 6) is 0.358. The van der Waals surface area contributed by atoms with Crippen molar-refractivity contribution in [3.63, 3.8) is 0 Å². The number of carbonyl (C=O) groups excluding carboxylic acids is 1. The highest BCUT2D eigenvalue weighted by Gasteiger charge is 2.30. The van der Waals surface area contributed by atoms with E-state index in [4.69, 9.17) is 0 Å². The van der Waals surface area contributed by atoms with Crippen LogP contribution in [0.3, 0.4) is 0 Å². The largest absolute Gasteiger partial charge is 0.355 e. The number of hydrogen-bond acceptors (Lipinski definition) is 4. The fourth-order valence-electron chi connectivity index (χ4n) is 4.08. The Kier molecular flexibility index (Phi) is 7.48. The first-order valence-corrected chi connectivity index (χ1v) is 11.9. The molecule has 28 heavy (non-hydrogen) atoms. The monoisotopic (exact) mass is 407 g/mol. The minimum Gasteiger partial charge on any atom is -0.355 e. The predicted octanol–water partition coefficient (Wildman–Crippen LogP) is 2.39. The van der Waals surface area contributed by atoms with Crippen LogP contribution in [0.25, 0.3) is 0 Å². The topological polar surface area (TPSA) is 69.7 Å². The number of nitrogens with one attached hydrogen (secondary N) is 1. The Morgan fingerprint density at radius 3 is 2.32 bits per heavy atom. The highest BCUT2D eigenvalue weighted by Crippen LogP contribution is 2.25. The highest BCUT2D eigenvalue weighted by molar-refractivity contribution is 7.89. The van der Waals surface area contributed by atoms with Gasteiger partial charge in [-0.3, -0.25) is 4.79 Å². The molecule has 1 amide bonds. The van der Waals surface area contributed by atoms with Crippen molar-refractivity contribution in [2.24, 2.45) is 5.92 Å². The van der Waals surface area contributed by atoms with Gasteiger partial charge in [-0.25, -0.2) is 8.42 Å². The number of nitrogens with zero attached hydrogens (tertiary/aromatic N) is 2. The normalized spacial score (nSPS) is 20.2. The molecule has 7 heteroatoms. The van der Waals surface area contributed by atoms with E-state index >= 15 is 0 Å². The van der Waals surface area contributed by atoms with E-state index in [0.717, 1.165) is 38.0 Å². The van der Waals surface area contributed by atoms with Crippen LogP contribution in [0.15, 0.2) is 29.2 Å². The summed E-state index contributed by atoms with van der Waals surface area (Å²) >= 11 is 0. The molecule has 0 aliphatic carbocycles. The minimum atomic E-state index is -3.43. The van der Waals surface area contributed by atoms with Crippen molar-refractivity contribution < 1.29 is 13.2 Å². The second-order valence-electron chi connectivity index (χ2n) is 8.12. The molecule has 156 valence electrons. The van der Waals surface area contributed by atoms with Crippen molar-refractivity contribution in [3.05, 3.63) is 29.8 Å². The zero-order valence-corrected chi connectivity index (χ0v) is 17.7. The molecule has 0 atom stereocenters. The van der Waals surface area contributed by atoms with Gasteiger partial charge in [-0.15, -0.1) is 0 Å². The van der Waals surface area contributed by atoms with Crippen LogP contribution in [-0.4, -0.2) is 62.8 Å². The zero-order chi connectivity index (χ0) is 20.0. The van der Waals surface area contributed by atoms with Gasteiger partial charge in [0.2, 0.25) is 15.9 Å². The van der Waals surface area contributed by atoms with Crippen molar-refractivity contribution in [2.45, 2.75) is 50.3 Å². The first-order valence-electron chi connectivity index (χ1n) is 10.5. The second-order valence-corrected chi connectivity index (χ2v) is 10.1. The van der Waals surface area contributed by atoms with Gasteiger partial charge >= 0.3 is 0 Å². The van der Waals surface area contributed by atoms with Crippen LogP contribution in [0, 0.1) is 12.8 Å². The van der Waals surface area contributed by atoms with Crippen LogP contribution in [0.2, 0.25) is 0 Å². The number of sulfonamides is 1. The molecule has 6 nitrogen and oxygen atoms in total. The van der Waals surface area contributed by atoms with Gasteiger partial charge in [0.05, 0.1) is 4.90 Å². The Morgan fingerprint density at radius 2 is 1.68 bits per heavy atom. The third-order valence-corrected chi connectivity index (χ3v) is 7.82. The van der Waals surface area contributed by atoms with E-state index in [9.17, 15) is 13.2 Å². The van der Waals surface area contributed by atoms with Gasteiger partial charge in [-0.2, -0.15) is 4.31 Å². The van der Waals surface area contributed by atoms with Gasteiger partial charge in [-0.1, -0.05) is 24.1 Å². The van der Waals surface area contributed by atoms with Gasteiger partial charge < -0.3 is 10.2 Å². The van der Waals surface area contributed by atoms with Crippen LogP contribution < -0.4 is 5.32 Å². The summed E-state index contributed by atoms with van der Waals surface area (Å²) in [7, 11) is -3.43. The van der Waals surface area contributed by atoms with Gasteiger partial charge in [0.25, 0.3) is 0 Å². The van der Waals surface area contributed by atoms with Gasteiger partial charge in [-0.05, 0) is 63.7 Å². The van der Waals surface area contributed by atoms with E-state index in [1.54, 1.807) is 16.4 Å². The summed E-state index contributed by atoms with van der Waals surface area (Å²) in [4.78, 5) is 15.0. The number of amides is 1. The van der Waals surface area contributed by atoms with Crippen LogP contribution in [0.4, 0.5) is 0 Å². The van der Waals surface area contributed by atoms with E-state index in [1.807, 2.05) is 19.1 Å². The summed E-state index contributed by atoms with van der Waals surface area (Å²) < 4.78 is 27.1. The molecule has 0 unspecified atom stereocenters. The number of benzene rings is 1. The van der Waals surface area contributed by atoms with Crippen molar-refractivity contribution in [2.75, 3.05) is 39.3 Å². The molecular formula is C21H33N3O3S. The Morgan fingerprint density at radius 1 is 1.04 bits per heavy atom. The standard InChI is InChI=1S/C21H33N3O3S/c1-18-5-7-20(8-6-18)28(26,27)24-14-9-19(10-15-24)17-21(25)22-11-16-23-12-3-2-4-13-23/h5-8,19H,2-4,9-17H2,1H3,(H,22,25). The number of aryl methyl sites for hydroxylation is 1. The fourth-order valence-corrected chi connectivity index (χ4v) is 5.55. The van der Waals surface area contributed by atoms with Gasteiger partial charge in [0.1, 0.15) is 0 Å². The third-order valence-electron chi connectivity index (χ3n) is 5.91. The lowest BCUT2D eigenvalue weighted by molar-refractivity contribution is -0.122. The average molecular weight is 408 g/mol. The molecule has 2 fully saturated rings. The highest BCUT2D eigenvalue weighted by atomic mass is 32.2. The van der Waals surface area contributed by atoms with E-state index < -0.39 is 10.0 Å². The molecular weight excluding hydrogens is 374 g/mol. The van der Waals surface area contributed by atoms with E-state index in [1.165, 1.54) is 19.3 Å². The summed E-state index contributed by atoms with van der Waals surface area (Å²) in [5.41, 5.74) is 1.05. The van der Waals surface area contributed by atoms with Crippen molar-refractivity contribution in [1.82, 2.24) is 14.5 Å².